The molecule has 5 nitrogen and oxygen atoms in total. The van der Waals surface area contributed by atoms with Gasteiger partial charge in [-0.2, -0.15) is 26.3 Å². The van der Waals surface area contributed by atoms with Crippen LogP contribution in [0.5, 0.6) is 0 Å². The van der Waals surface area contributed by atoms with Crippen LogP contribution in [-0.2, 0) is 5.60 Å². The summed E-state index contributed by atoms with van der Waals surface area (Å²) in [6.07, 6.45) is -12.0. The Morgan fingerprint density at radius 3 is 1.92 bits per heavy atom. The smallest absolute Gasteiger partial charge is 0.430 e. The number of alkyl halides is 6. The van der Waals surface area contributed by atoms with Crippen molar-refractivity contribution in [2.75, 3.05) is 0 Å². The molecule has 1 aromatic heterocycles. The highest BCUT2D eigenvalue weighted by Crippen LogP contribution is 2.50. The molecular formula is C14H9F6NO4. The van der Waals surface area contributed by atoms with Crippen molar-refractivity contribution in [1.29, 1.82) is 0 Å². The molecular weight excluding hydrogens is 360 g/mol. The number of carboxylic acids is 1. The lowest BCUT2D eigenvalue weighted by molar-refractivity contribution is -0.376. The van der Waals surface area contributed by atoms with Crippen molar-refractivity contribution in [3.8, 4) is 11.1 Å². The van der Waals surface area contributed by atoms with Crippen molar-refractivity contribution in [2.24, 2.45) is 0 Å². The molecule has 1 heterocycles. The zero-order valence-electron chi connectivity index (χ0n) is 12.2. The van der Waals surface area contributed by atoms with E-state index in [9.17, 15) is 36.2 Å². The van der Waals surface area contributed by atoms with Crippen LogP contribution in [0, 0.1) is 6.92 Å². The van der Waals surface area contributed by atoms with Gasteiger partial charge in [-0.05, 0) is 12.5 Å². The van der Waals surface area contributed by atoms with Crippen LogP contribution in [0.1, 0.15) is 21.8 Å². The number of nitrogens with zero attached hydrogens (tertiary/aromatic N) is 1. The van der Waals surface area contributed by atoms with Gasteiger partial charge in [-0.1, -0.05) is 29.4 Å². The van der Waals surface area contributed by atoms with E-state index >= 15 is 0 Å². The van der Waals surface area contributed by atoms with E-state index in [0.29, 0.717) is 12.1 Å². The SMILES string of the molecule is Cc1onc(C(=O)O)c1-c1ccc(C(O)(C(F)(F)F)C(F)(F)F)cc1. The molecule has 1 aromatic carbocycles. The van der Waals surface area contributed by atoms with E-state index in [1.165, 1.54) is 6.92 Å². The summed E-state index contributed by atoms with van der Waals surface area (Å²) in [7, 11) is 0. The van der Waals surface area contributed by atoms with Crippen LogP contribution in [0.25, 0.3) is 11.1 Å². The Balaban J connectivity index is 2.57. The van der Waals surface area contributed by atoms with E-state index in [4.69, 9.17) is 5.11 Å². The molecule has 2 rings (SSSR count). The van der Waals surface area contributed by atoms with Gasteiger partial charge in [0.1, 0.15) is 5.76 Å². The maximum atomic E-state index is 12.8. The standard InChI is InChI=1S/C14H9F6NO4/c1-6-9(10(11(22)23)21-25-6)7-2-4-8(5-3-7)12(24,13(15,16)17)14(18,19)20/h2-5,24H,1H3,(H,22,23). The van der Waals surface area contributed by atoms with Crippen molar-refractivity contribution >= 4 is 5.97 Å². The van der Waals surface area contributed by atoms with Crippen LogP contribution in [0.4, 0.5) is 26.3 Å². The van der Waals surface area contributed by atoms with Gasteiger partial charge >= 0.3 is 18.3 Å². The van der Waals surface area contributed by atoms with Crippen LogP contribution in [0.3, 0.4) is 0 Å². The number of carbonyl (C=O) groups is 1. The predicted octanol–water partition coefficient (Wildman–Crippen LogP) is 3.66. The molecule has 0 atom stereocenters. The van der Waals surface area contributed by atoms with E-state index in [1.807, 2.05) is 0 Å². The Hall–Kier alpha value is -2.56. The summed E-state index contributed by atoms with van der Waals surface area (Å²) in [5.74, 6) is -1.48. The first-order valence-electron chi connectivity index (χ1n) is 6.47. The number of hydrogen-bond acceptors (Lipinski definition) is 4. The van der Waals surface area contributed by atoms with Crippen molar-refractivity contribution in [3.63, 3.8) is 0 Å². The summed E-state index contributed by atoms with van der Waals surface area (Å²) < 4.78 is 81.6. The van der Waals surface area contributed by atoms with Crippen LogP contribution in [0.15, 0.2) is 28.8 Å². The number of benzene rings is 1. The molecule has 0 saturated heterocycles. The summed E-state index contributed by atoms with van der Waals surface area (Å²) in [5.41, 5.74) is -7.19. The minimum absolute atomic E-state index is 0.00653. The molecule has 0 bridgehead atoms. The lowest BCUT2D eigenvalue weighted by atomic mass is 9.90. The third kappa shape index (κ3) is 2.95. The normalized spacial score (nSPS) is 13.1. The molecule has 2 aromatic rings. The van der Waals surface area contributed by atoms with Crippen molar-refractivity contribution in [2.45, 2.75) is 24.9 Å². The monoisotopic (exact) mass is 369 g/mol. The van der Waals surface area contributed by atoms with Crippen LogP contribution < -0.4 is 0 Å². The summed E-state index contributed by atoms with van der Waals surface area (Å²) in [6, 6.07) is 2.44. The van der Waals surface area contributed by atoms with E-state index in [1.54, 1.807) is 0 Å². The summed E-state index contributed by atoms with van der Waals surface area (Å²) in [6.45, 7) is 1.32. The van der Waals surface area contributed by atoms with Gasteiger partial charge in [0.25, 0.3) is 5.60 Å². The topological polar surface area (TPSA) is 83.6 Å². The first-order valence-corrected chi connectivity index (χ1v) is 6.47. The van der Waals surface area contributed by atoms with E-state index in [0.717, 1.165) is 12.1 Å². The van der Waals surface area contributed by atoms with Crippen molar-refractivity contribution in [3.05, 3.63) is 41.3 Å². The number of halogens is 6. The van der Waals surface area contributed by atoms with Gasteiger partial charge in [-0.25, -0.2) is 4.79 Å². The zero-order chi connectivity index (χ0) is 19.2. The minimum Gasteiger partial charge on any atom is -0.476 e. The Bertz CT molecular complexity index is 777. The second-order valence-electron chi connectivity index (χ2n) is 5.05. The van der Waals surface area contributed by atoms with Gasteiger partial charge in [-0.15, -0.1) is 0 Å². The number of aromatic carboxylic acids is 1. The molecule has 0 saturated carbocycles. The highest BCUT2D eigenvalue weighted by molar-refractivity contribution is 5.94. The summed E-state index contributed by atoms with van der Waals surface area (Å²) in [4.78, 5) is 11.0. The average Bonchev–Trinajstić information content (AvgIpc) is 2.86. The molecule has 0 aliphatic carbocycles. The molecule has 0 radical (unpaired) electrons. The first-order chi connectivity index (χ1) is 11.3. The molecule has 0 unspecified atom stereocenters. The molecule has 0 aliphatic rings. The minimum atomic E-state index is -6.01. The number of aliphatic hydroxyl groups is 1. The third-order valence-electron chi connectivity index (χ3n) is 3.48. The van der Waals surface area contributed by atoms with Gasteiger partial charge in [0.15, 0.2) is 5.69 Å². The molecule has 25 heavy (non-hydrogen) atoms. The molecule has 0 fully saturated rings. The highest BCUT2D eigenvalue weighted by Gasteiger charge is 2.71. The Morgan fingerprint density at radius 2 is 1.52 bits per heavy atom. The fraction of sp³-hybridized carbons (Fsp3) is 0.286. The van der Waals surface area contributed by atoms with Gasteiger partial charge in [0.2, 0.25) is 0 Å². The predicted molar refractivity (Wildman–Crippen MR) is 69.6 cm³/mol. The number of rotatable bonds is 3. The van der Waals surface area contributed by atoms with Crippen LogP contribution in [-0.4, -0.2) is 33.7 Å². The van der Waals surface area contributed by atoms with Crippen molar-refractivity contribution < 1.29 is 45.9 Å². The van der Waals surface area contributed by atoms with Crippen LogP contribution >= 0.6 is 0 Å². The second kappa shape index (κ2) is 5.76. The van der Waals surface area contributed by atoms with Gasteiger partial charge in [0.05, 0.1) is 5.56 Å². The fourth-order valence-corrected chi connectivity index (χ4v) is 2.22. The second-order valence-corrected chi connectivity index (χ2v) is 5.05. The Labute approximate surface area is 135 Å². The highest BCUT2D eigenvalue weighted by atomic mass is 19.4. The van der Waals surface area contributed by atoms with E-state index < -0.39 is 35.2 Å². The van der Waals surface area contributed by atoms with E-state index in [2.05, 4.69) is 9.68 Å². The number of carboxylic acid groups (broad SMARTS) is 1. The lowest BCUT2D eigenvalue weighted by Crippen LogP contribution is -2.53. The number of aromatic nitrogens is 1. The maximum Gasteiger partial charge on any atom is 0.430 e. The lowest BCUT2D eigenvalue weighted by Gasteiger charge is -2.32. The molecule has 0 aliphatic heterocycles. The van der Waals surface area contributed by atoms with Crippen LogP contribution in [0.2, 0.25) is 0 Å². The summed E-state index contributed by atoms with van der Waals surface area (Å²) in [5, 5.41) is 21.5. The Morgan fingerprint density at radius 1 is 1.04 bits per heavy atom. The largest absolute Gasteiger partial charge is 0.476 e. The number of hydrogen-bond donors (Lipinski definition) is 2. The van der Waals surface area contributed by atoms with Gasteiger partial charge in [0, 0.05) is 5.56 Å². The van der Waals surface area contributed by atoms with Crippen molar-refractivity contribution in [1.82, 2.24) is 5.16 Å². The first kappa shape index (κ1) is 18.8. The third-order valence-corrected chi connectivity index (χ3v) is 3.48. The molecule has 0 spiro atoms. The fourth-order valence-electron chi connectivity index (χ4n) is 2.22. The average molecular weight is 369 g/mol. The molecule has 136 valence electrons. The maximum absolute atomic E-state index is 12.8. The molecule has 2 N–H and O–H groups in total. The van der Waals surface area contributed by atoms with Gasteiger partial charge < -0.3 is 14.7 Å². The zero-order valence-corrected chi connectivity index (χ0v) is 12.2. The summed E-state index contributed by atoms with van der Waals surface area (Å²) >= 11 is 0. The molecule has 11 heteroatoms. The van der Waals surface area contributed by atoms with E-state index in [-0.39, 0.29) is 16.9 Å². The van der Waals surface area contributed by atoms with Gasteiger partial charge in [-0.3, -0.25) is 0 Å². The molecule has 0 amide bonds. The quantitative estimate of drug-likeness (QED) is 0.807. The number of aryl methyl sites for hydroxylation is 1. The Kier molecular flexibility index (Phi) is 4.32.